The van der Waals surface area contributed by atoms with Gasteiger partial charge in [-0.25, -0.2) is 4.98 Å². The minimum Gasteiger partial charge on any atom is -0.361 e. The summed E-state index contributed by atoms with van der Waals surface area (Å²) < 4.78 is 1.94. The molecule has 0 saturated heterocycles. The van der Waals surface area contributed by atoms with Gasteiger partial charge in [0.05, 0.1) is 0 Å². The minimum absolute atomic E-state index is 0.0716. The van der Waals surface area contributed by atoms with Crippen LogP contribution in [0.15, 0.2) is 42.9 Å². The summed E-state index contributed by atoms with van der Waals surface area (Å²) in [5.74, 6) is 1.31. The van der Waals surface area contributed by atoms with Crippen LogP contribution in [0, 0.1) is 0 Å². The Morgan fingerprint density at radius 3 is 2.91 bits per heavy atom. The quantitative estimate of drug-likeness (QED) is 0.783. The molecule has 0 aliphatic rings. The molecule has 1 amide bonds. The van der Waals surface area contributed by atoms with Gasteiger partial charge >= 0.3 is 0 Å². The Balaban J connectivity index is 1.84. The van der Waals surface area contributed by atoms with Crippen molar-refractivity contribution >= 4 is 22.5 Å². The number of rotatable bonds is 5. The van der Waals surface area contributed by atoms with E-state index in [9.17, 15) is 4.79 Å². The van der Waals surface area contributed by atoms with Crippen molar-refractivity contribution in [2.24, 2.45) is 0 Å². The smallest absolute Gasteiger partial charge is 0.246 e. The first kappa shape index (κ1) is 15.3. The number of likely N-dealkylation sites (N-methyl/N-ethyl adjacent to an activating group) is 1. The summed E-state index contributed by atoms with van der Waals surface area (Å²) in [5, 5.41) is 1.11. The van der Waals surface area contributed by atoms with Gasteiger partial charge in [0.15, 0.2) is 0 Å². The van der Waals surface area contributed by atoms with E-state index in [1.54, 1.807) is 6.20 Å². The Hall–Kier alpha value is -2.56. The molecule has 5 heteroatoms. The SMILES string of the molecule is CCN(C(=O)Cn1ccnc1C(C)C)c1ccc2[nH]ccc2c1. The van der Waals surface area contributed by atoms with Gasteiger partial charge in [-0.1, -0.05) is 13.8 Å². The third-order valence-electron chi connectivity index (χ3n) is 4.04. The van der Waals surface area contributed by atoms with Crippen LogP contribution in [0.5, 0.6) is 0 Å². The van der Waals surface area contributed by atoms with Gasteiger partial charge in [0.1, 0.15) is 12.4 Å². The Morgan fingerprint density at radius 1 is 1.35 bits per heavy atom. The zero-order valence-electron chi connectivity index (χ0n) is 13.8. The third-order valence-corrected chi connectivity index (χ3v) is 4.04. The number of carbonyl (C=O) groups excluding carboxylic acids is 1. The lowest BCUT2D eigenvalue weighted by Crippen LogP contribution is -2.34. The van der Waals surface area contributed by atoms with Crippen molar-refractivity contribution in [1.82, 2.24) is 14.5 Å². The van der Waals surface area contributed by atoms with Crippen LogP contribution in [0.3, 0.4) is 0 Å². The molecule has 0 atom stereocenters. The molecule has 0 aliphatic carbocycles. The Morgan fingerprint density at radius 2 is 2.17 bits per heavy atom. The fourth-order valence-corrected chi connectivity index (χ4v) is 2.90. The summed E-state index contributed by atoms with van der Waals surface area (Å²) in [6.45, 7) is 7.12. The van der Waals surface area contributed by atoms with Crippen molar-refractivity contribution in [2.45, 2.75) is 33.2 Å². The molecule has 0 fully saturated rings. The molecule has 0 aliphatic heterocycles. The normalized spacial score (nSPS) is 11.3. The monoisotopic (exact) mass is 310 g/mol. The van der Waals surface area contributed by atoms with E-state index in [1.807, 2.05) is 53.0 Å². The van der Waals surface area contributed by atoms with Crippen LogP contribution in [-0.2, 0) is 11.3 Å². The second-order valence-electron chi connectivity index (χ2n) is 5.96. The first-order valence-electron chi connectivity index (χ1n) is 7.98. The predicted molar refractivity (Wildman–Crippen MR) is 92.6 cm³/mol. The average molecular weight is 310 g/mol. The number of nitrogens with zero attached hydrogens (tertiary/aromatic N) is 3. The Kier molecular flexibility index (Phi) is 4.19. The first-order valence-corrected chi connectivity index (χ1v) is 7.98. The first-order chi connectivity index (χ1) is 11.1. The number of carbonyl (C=O) groups is 1. The van der Waals surface area contributed by atoms with Gasteiger partial charge in [0.2, 0.25) is 5.91 Å². The number of anilines is 1. The number of aromatic amines is 1. The Bertz CT molecular complexity index is 815. The van der Waals surface area contributed by atoms with Crippen molar-refractivity contribution in [3.63, 3.8) is 0 Å². The molecule has 0 bridgehead atoms. The summed E-state index contributed by atoms with van der Waals surface area (Å²) in [7, 11) is 0. The van der Waals surface area contributed by atoms with E-state index in [4.69, 9.17) is 0 Å². The zero-order chi connectivity index (χ0) is 16.4. The fourth-order valence-electron chi connectivity index (χ4n) is 2.90. The maximum atomic E-state index is 12.8. The molecule has 2 heterocycles. The highest BCUT2D eigenvalue weighted by Gasteiger charge is 2.17. The van der Waals surface area contributed by atoms with Crippen LogP contribution in [-0.4, -0.2) is 27.0 Å². The lowest BCUT2D eigenvalue weighted by atomic mass is 10.2. The van der Waals surface area contributed by atoms with E-state index in [0.717, 1.165) is 22.4 Å². The number of nitrogens with one attached hydrogen (secondary N) is 1. The van der Waals surface area contributed by atoms with Crippen LogP contribution in [0.1, 0.15) is 32.5 Å². The minimum atomic E-state index is 0.0716. The van der Waals surface area contributed by atoms with E-state index >= 15 is 0 Å². The molecular weight excluding hydrogens is 288 g/mol. The zero-order valence-corrected chi connectivity index (χ0v) is 13.8. The van der Waals surface area contributed by atoms with Crippen molar-refractivity contribution in [2.75, 3.05) is 11.4 Å². The number of fused-ring (bicyclic) bond motifs is 1. The summed E-state index contributed by atoms with van der Waals surface area (Å²) in [6.07, 6.45) is 5.54. The maximum Gasteiger partial charge on any atom is 0.246 e. The van der Waals surface area contributed by atoms with Gasteiger partial charge in [-0.15, -0.1) is 0 Å². The number of aromatic nitrogens is 3. The van der Waals surface area contributed by atoms with Gasteiger partial charge in [0.25, 0.3) is 0 Å². The highest BCUT2D eigenvalue weighted by atomic mass is 16.2. The molecule has 1 N–H and O–H groups in total. The van der Waals surface area contributed by atoms with Crippen LogP contribution in [0.4, 0.5) is 5.69 Å². The van der Waals surface area contributed by atoms with Gasteiger partial charge in [-0.3, -0.25) is 4.79 Å². The van der Waals surface area contributed by atoms with Crippen molar-refractivity contribution in [3.05, 3.63) is 48.7 Å². The van der Waals surface area contributed by atoms with Gasteiger partial charge in [0, 0.05) is 47.6 Å². The maximum absolute atomic E-state index is 12.8. The molecule has 0 spiro atoms. The molecule has 5 nitrogen and oxygen atoms in total. The Labute approximate surface area is 135 Å². The molecule has 120 valence electrons. The summed E-state index contributed by atoms with van der Waals surface area (Å²) in [6, 6.07) is 8.06. The van der Waals surface area contributed by atoms with Crippen LogP contribution in [0.25, 0.3) is 10.9 Å². The summed E-state index contributed by atoms with van der Waals surface area (Å²) >= 11 is 0. The molecule has 0 radical (unpaired) electrons. The lowest BCUT2D eigenvalue weighted by Gasteiger charge is -2.22. The van der Waals surface area contributed by atoms with Gasteiger partial charge in [-0.05, 0) is 31.2 Å². The molecule has 0 saturated carbocycles. The highest BCUT2D eigenvalue weighted by Crippen LogP contribution is 2.22. The number of benzene rings is 1. The third kappa shape index (κ3) is 2.99. The molecule has 23 heavy (non-hydrogen) atoms. The summed E-state index contributed by atoms with van der Waals surface area (Å²) in [5.41, 5.74) is 2.00. The molecular formula is C18H22N4O. The topological polar surface area (TPSA) is 53.9 Å². The van der Waals surface area contributed by atoms with Crippen LogP contribution in [0.2, 0.25) is 0 Å². The number of hydrogen-bond donors (Lipinski definition) is 1. The number of imidazole rings is 1. The molecule has 2 aromatic heterocycles. The van der Waals surface area contributed by atoms with Gasteiger partial charge < -0.3 is 14.5 Å². The fraction of sp³-hybridized carbons (Fsp3) is 0.333. The molecule has 1 aromatic carbocycles. The largest absolute Gasteiger partial charge is 0.361 e. The number of hydrogen-bond acceptors (Lipinski definition) is 2. The van der Waals surface area contributed by atoms with Crippen LogP contribution < -0.4 is 4.90 Å². The second-order valence-corrected chi connectivity index (χ2v) is 5.96. The van der Waals surface area contributed by atoms with E-state index in [0.29, 0.717) is 19.0 Å². The lowest BCUT2D eigenvalue weighted by molar-refractivity contribution is -0.119. The molecule has 3 aromatic rings. The average Bonchev–Trinajstić information content (AvgIpc) is 3.16. The van der Waals surface area contributed by atoms with E-state index in [2.05, 4.69) is 23.8 Å². The van der Waals surface area contributed by atoms with Crippen LogP contribution >= 0.6 is 0 Å². The predicted octanol–water partition coefficient (Wildman–Crippen LogP) is 3.54. The van der Waals surface area contributed by atoms with E-state index in [1.165, 1.54) is 0 Å². The number of amides is 1. The van der Waals surface area contributed by atoms with Crippen molar-refractivity contribution in [1.29, 1.82) is 0 Å². The molecule has 0 unspecified atom stereocenters. The molecule has 3 rings (SSSR count). The second kappa shape index (κ2) is 6.28. The standard InChI is InChI=1S/C18H22N4O/c1-4-22(15-5-6-16-14(11-15)7-8-19-16)17(23)12-21-10-9-20-18(21)13(2)3/h5-11,13,19H,4,12H2,1-3H3. The summed E-state index contributed by atoms with van der Waals surface area (Å²) in [4.78, 5) is 22.1. The number of H-pyrrole nitrogens is 1. The van der Waals surface area contributed by atoms with Crippen molar-refractivity contribution in [3.8, 4) is 0 Å². The highest BCUT2D eigenvalue weighted by molar-refractivity contribution is 5.95. The van der Waals surface area contributed by atoms with E-state index < -0.39 is 0 Å². The van der Waals surface area contributed by atoms with E-state index in [-0.39, 0.29) is 5.91 Å². The van der Waals surface area contributed by atoms with Gasteiger partial charge in [-0.2, -0.15) is 0 Å². The van der Waals surface area contributed by atoms with Crippen molar-refractivity contribution < 1.29 is 4.79 Å².